The van der Waals surface area contributed by atoms with Gasteiger partial charge in [0.15, 0.2) is 11.5 Å². The van der Waals surface area contributed by atoms with Gasteiger partial charge in [-0.3, -0.25) is 4.79 Å². The van der Waals surface area contributed by atoms with Crippen LogP contribution in [0.5, 0.6) is 11.5 Å². The van der Waals surface area contributed by atoms with E-state index < -0.39 is 0 Å². The van der Waals surface area contributed by atoms with Gasteiger partial charge in [0.05, 0.1) is 0 Å². The third kappa shape index (κ3) is 4.99. The number of rotatable bonds is 10. The Kier molecular flexibility index (Phi) is 7.06. The summed E-state index contributed by atoms with van der Waals surface area (Å²) >= 11 is 1.47. The molecule has 0 N–H and O–H groups in total. The number of carbonyl (C=O) groups is 1. The molecule has 2 heterocycles. The molecule has 146 valence electrons. The van der Waals surface area contributed by atoms with Gasteiger partial charge in [-0.1, -0.05) is 19.8 Å². The number of thiazole rings is 1. The molecule has 1 aromatic carbocycles. The summed E-state index contributed by atoms with van der Waals surface area (Å²) in [7, 11) is 1.68. The van der Waals surface area contributed by atoms with Crippen molar-refractivity contribution in [2.24, 2.45) is 0 Å². The fourth-order valence-electron chi connectivity index (χ4n) is 2.96. The molecule has 0 saturated carbocycles. The second-order valence-corrected chi connectivity index (χ2v) is 7.31. The maximum Gasteiger partial charge on any atom is 0.273 e. The number of amides is 1. The summed E-state index contributed by atoms with van der Waals surface area (Å²) in [5, 5.41) is 2.65. The second-order valence-electron chi connectivity index (χ2n) is 6.45. The standard InChI is InChI=1S/C20H26N2O4S/c1-3-4-5-9-22(10-6-11-24-2)20(23)16-13-27-19(21-16)15-7-8-17-18(12-15)26-14-25-17/h7-8,12-13H,3-6,9-11,14H2,1-2H3. The zero-order valence-electron chi connectivity index (χ0n) is 15.9. The first kappa shape index (κ1) is 19.6. The fraction of sp³-hybridized carbons (Fsp3) is 0.500. The number of hydrogen-bond acceptors (Lipinski definition) is 6. The Balaban J connectivity index is 1.71. The van der Waals surface area contributed by atoms with E-state index in [4.69, 9.17) is 14.2 Å². The number of ether oxygens (including phenoxy) is 3. The van der Waals surface area contributed by atoms with E-state index in [9.17, 15) is 4.79 Å². The van der Waals surface area contributed by atoms with Gasteiger partial charge in [0.25, 0.3) is 5.91 Å². The highest BCUT2D eigenvalue weighted by molar-refractivity contribution is 7.13. The van der Waals surface area contributed by atoms with E-state index in [1.54, 1.807) is 7.11 Å². The van der Waals surface area contributed by atoms with Gasteiger partial charge in [-0.25, -0.2) is 4.98 Å². The number of carbonyl (C=O) groups excluding carboxylic acids is 1. The molecule has 1 aliphatic heterocycles. The largest absolute Gasteiger partial charge is 0.454 e. The van der Waals surface area contributed by atoms with Crippen LogP contribution in [0, 0.1) is 0 Å². The highest BCUT2D eigenvalue weighted by Gasteiger charge is 2.20. The van der Waals surface area contributed by atoms with E-state index in [1.807, 2.05) is 28.5 Å². The predicted molar refractivity (Wildman–Crippen MR) is 106 cm³/mol. The summed E-state index contributed by atoms with van der Waals surface area (Å²) in [6, 6.07) is 5.73. The Hall–Kier alpha value is -2.12. The molecule has 3 rings (SSSR count). The lowest BCUT2D eigenvalue weighted by atomic mass is 10.2. The van der Waals surface area contributed by atoms with Crippen molar-refractivity contribution in [1.82, 2.24) is 9.88 Å². The maximum atomic E-state index is 12.9. The lowest BCUT2D eigenvalue weighted by Crippen LogP contribution is -2.33. The molecule has 0 saturated heterocycles. The Labute approximate surface area is 164 Å². The molecule has 0 unspecified atom stereocenters. The van der Waals surface area contributed by atoms with E-state index >= 15 is 0 Å². The lowest BCUT2D eigenvalue weighted by Gasteiger charge is -2.21. The summed E-state index contributed by atoms with van der Waals surface area (Å²) < 4.78 is 15.9. The smallest absolute Gasteiger partial charge is 0.273 e. The van der Waals surface area contributed by atoms with Crippen LogP contribution >= 0.6 is 11.3 Å². The Morgan fingerprint density at radius 1 is 1.22 bits per heavy atom. The third-order valence-corrected chi connectivity index (χ3v) is 5.33. The van der Waals surface area contributed by atoms with Crippen molar-refractivity contribution in [2.45, 2.75) is 32.6 Å². The van der Waals surface area contributed by atoms with Crippen LogP contribution in [0.1, 0.15) is 43.1 Å². The number of unbranched alkanes of at least 4 members (excludes halogenated alkanes) is 2. The monoisotopic (exact) mass is 390 g/mol. The van der Waals surface area contributed by atoms with Gasteiger partial charge in [0.2, 0.25) is 6.79 Å². The molecule has 0 fully saturated rings. The predicted octanol–water partition coefficient (Wildman–Crippen LogP) is 4.21. The van der Waals surface area contributed by atoms with E-state index in [0.29, 0.717) is 18.8 Å². The van der Waals surface area contributed by atoms with Crippen molar-refractivity contribution >= 4 is 17.2 Å². The minimum Gasteiger partial charge on any atom is -0.454 e. The zero-order chi connectivity index (χ0) is 19.1. The van der Waals surface area contributed by atoms with E-state index in [0.717, 1.165) is 54.3 Å². The van der Waals surface area contributed by atoms with Gasteiger partial charge in [0, 0.05) is 37.7 Å². The first-order chi connectivity index (χ1) is 13.2. The Morgan fingerprint density at radius 2 is 2.04 bits per heavy atom. The SMILES string of the molecule is CCCCCN(CCCOC)C(=O)c1csc(-c2ccc3c(c2)OCO3)n1. The highest BCUT2D eigenvalue weighted by Crippen LogP contribution is 2.36. The highest BCUT2D eigenvalue weighted by atomic mass is 32.1. The third-order valence-electron chi connectivity index (χ3n) is 4.44. The molecule has 6 nitrogen and oxygen atoms in total. The molecule has 1 aliphatic rings. The molecule has 0 bridgehead atoms. The molecule has 2 aromatic rings. The quantitative estimate of drug-likeness (QED) is 0.569. The average molecular weight is 391 g/mol. The van der Waals surface area contributed by atoms with Crippen LogP contribution in [-0.2, 0) is 4.74 Å². The summed E-state index contributed by atoms with van der Waals surface area (Å²) in [6.45, 7) is 4.50. The first-order valence-corrected chi connectivity index (χ1v) is 10.2. The van der Waals surface area contributed by atoms with Crippen molar-refractivity contribution in [2.75, 3.05) is 33.6 Å². The second kappa shape index (κ2) is 9.71. The normalized spacial score (nSPS) is 12.4. The van der Waals surface area contributed by atoms with Crippen LogP contribution in [-0.4, -0.2) is 49.4 Å². The molecule has 27 heavy (non-hydrogen) atoms. The number of benzene rings is 1. The fourth-order valence-corrected chi connectivity index (χ4v) is 3.75. The summed E-state index contributed by atoms with van der Waals surface area (Å²) in [5.41, 5.74) is 1.43. The lowest BCUT2D eigenvalue weighted by molar-refractivity contribution is 0.0729. The molecule has 7 heteroatoms. The van der Waals surface area contributed by atoms with Crippen LogP contribution in [0.15, 0.2) is 23.6 Å². The van der Waals surface area contributed by atoms with Gasteiger partial charge in [-0.05, 0) is 31.0 Å². The van der Waals surface area contributed by atoms with Crippen molar-refractivity contribution < 1.29 is 19.0 Å². The van der Waals surface area contributed by atoms with E-state index in [2.05, 4.69) is 11.9 Å². The van der Waals surface area contributed by atoms with Crippen molar-refractivity contribution in [3.8, 4) is 22.1 Å². The van der Waals surface area contributed by atoms with Gasteiger partial charge in [-0.2, -0.15) is 0 Å². The van der Waals surface area contributed by atoms with Crippen LogP contribution in [0.25, 0.3) is 10.6 Å². The first-order valence-electron chi connectivity index (χ1n) is 9.36. The number of nitrogens with zero attached hydrogens (tertiary/aromatic N) is 2. The molecule has 0 radical (unpaired) electrons. The zero-order valence-corrected chi connectivity index (χ0v) is 16.7. The summed E-state index contributed by atoms with van der Waals surface area (Å²) in [5.74, 6) is 1.45. The van der Waals surface area contributed by atoms with Gasteiger partial charge >= 0.3 is 0 Å². The van der Waals surface area contributed by atoms with Gasteiger partial charge in [0.1, 0.15) is 10.7 Å². The minimum atomic E-state index is -0.00884. The van der Waals surface area contributed by atoms with E-state index in [1.165, 1.54) is 11.3 Å². The number of hydrogen-bond donors (Lipinski definition) is 0. The van der Waals surface area contributed by atoms with Crippen molar-refractivity contribution in [3.05, 3.63) is 29.3 Å². The van der Waals surface area contributed by atoms with Crippen LogP contribution < -0.4 is 9.47 Å². The van der Waals surface area contributed by atoms with Crippen LogP contribution in [0.3, 0.4) is 0 Å². The molecule has 0 aliphatic carbocycles. The summed E-state index contributed by atoms with van der Waals surface area (Å²) in [6.07, 6.45) is 4.08. The van der Waals surface area contributed by atoms with Gasteiger partial charge in [-0.15, -0.1) is 11.3 Å². The Bertz CT molecular complexity index is 752. The minimum absolute atomic E-state index is 0.00884. The molecule has 0 atom stereocenters. The van der Waals surface area contributed by atoms with Crippen LogP contribution in [0.2, 0.25) is 0 Å². The molecular formula is C20H26N2O4S. The molecular weight excluding hydrogens is 364 g/mol. The van der Waals surface area contributed by atoms with Crippen molar-refractivity contribution in [1.29, 1.82) is 0 Å². The molecule has 1 amide bonds. The number of methoxy groups -OCH3 is 1. The molecule has 1 aromatic heterocycles. The van der Waals surface area contributed by atoms with E-state index in [-0.39, 0.29) is 12.7 Å². The Morgan fingerprint density at radius 3 is 2.85 bits per heavy atom. The maximum absolute atomic E-state index is 12.9. The topological polar surface area (TPSA) is 60.9 Å². The van der Waals surface area contributed by atoms with Crippen molar-refractivity contribution in [3.63, 3.8) is 0 Å². The summed E-state index contributed by atoms with van der Waals surface area (Å²) in [4.78, 5) is 19.4. The number of aromatic nitrogens is 1. The molecule has 0 spiro atoms. The van der Waals surface area contributed by atoms with Crippen LogP contribution in [0.4, 0.5) is 0 Å². The van der Waals surface area contributed by atoms with Gasteiger partial charge < -0.3 is 19.1 Å². The average Bonchev–Trinajstić information content (AvgIpc) is 3.35. The number of fused-ring (bicyclic) bond motifs is 1.